The number of nitrogen functional groups attached to an aromatic ring is 1. The van der Waals surface area contributed by atoms with E-state index in [1.54, 1.807) is 11.3 Å². The van der Waals surface area contributed by atoms with Crippen LogP contribution in [0.1, 0.15) is 29.7 Å². The van der Waals surface area contributed by atoms with Gasteiger partial charge in [-0.2, -0.15) is 18.2 Å². The molecule has 3 heterocycles. The molecule has 1 atom stereocenters. The van der Waals surface area contributed by atoms with Gasteiger partial charge >= 0.3 is 6.18 Å². The Morgan fingerprint density at radius 1 is 1.17 bits per heavy atom. The Balaban J connectivity index is 1.83. The number of hydrogen-bond donors (Lipinski definition) is 1. The zero-order chi connectivity index (χ0) is 16.2. The molecule has 0 spiro atoms. The van der Waals surface area contributed by atoms with Crippen molar-refractivity contribution in [3.63, 3.8) is 0 Å². The van der Waals surface area contributed by atoms with E-state index in [4.69, 9.17) is 5.73 Å². The first kappa shape index (κ1) is 15.0. The first-order valence-corrected chi connectivity index (χ1v) is 8.64. The second-order valence-corrected chi connectivity index (χ2v) is 7.37. The van der Waals surface area contributed by atoms with Crippen molar-refractivity contribution in [1.82, 2.24) is 9.97 Å². The minimum atomic E-state index is -4.15. The number of alkyl halides is 3. The van der Waals surface area contributed by atoms with Crippen LogP contribution in [-0.4, -0.2) is 29.2 Å². The van der Waals surface area contributed by atoms with E-state index in [1.807, 2.05) is 0 Å². The van der Waals surface area contributed by atoms with Crippen molar-refractivity contribution in [3.8, 4) is 0 Å². The maximum Gasteiger partial charge on any atom is 0.392 e. The third-order valence-electron chi connectivity index (χ3n) is 4.75. The van der Waals surface area contributed by atoms with Crippen LogP contribution in [0.4, 0.5) is 24.9 Å². The molecule has 1 aliphatic carbocycles. The lowest BCUT2D eigenvalue weighted by atomic mass is 9.87. The average molecular weight is 342 g/mol. The van der Waals surface area contributed by atoms with Crippen LogP contribution in [0.2, 0.25) is 0 Å². The summed E-state index contributed by atoms with van der Waals surface area (Å²) in [6.45, 7) is 1.83. The average Bonchev–Trinajstić information content (AvgIpc) is 3.12. The van der Waals surface area contributed by atoms with Gasteiger partial charge in [0, 0.05) is 18.0 Å². The molecule has 2 N–H and O–H groups in total. The molecule has 4 rings (SSSR count). The van der Waals surface area contributed by atoms with Crippen LogP contribution in [0.5, 0.6) is 0 Å². The molecule has 124 valence electrons. The van der Waals surface area contributed by atoms with Gasteiger partial charge in [-0.1, -0.05) is 0 Å². The van der Waals surface area contributed by atoms with E-state index in [0.717, 1.165) is 46.9 Å². The SMILES string of the molecule is Nc1nc(N2CCCC2)c2sc3c(c2n1)CC(C(F)(F)F)CC3. The monoisotopic (exact) mass is 342 g/mol. The molecule has 0 bridgehead atoms. The van der Waals surface area contributed by atoms with Crippen molar-refractivity contribution in [2.75, 3.05) is 23.7 Å². The number of nitrogens with zero attached hydrogens (tertiary/aromatic N) is 3. The molecule has 1 fully saturated rings. The predicted octanol–water partition coefficient (Wildman–Crippen LogP) is 3.54. The van der Waals surface area contributed by atoms with Crippen molar-refractivity contribution in [1.29, 1.82) is 0 Å². The molecule has 1 saturated heterocycles. The van der Waals surface area contributed by atoms with Gasteiger partial charge in [-0.15, -0.1) is 11.3 Å². The third-order valence-corrected chi connectivity index (χ3v) is 6.03. The normalized spacial score (nSPS) is 21.9. The van der Waals surface area contributed by atoms with E-state index < -0.39 is 12.1 Å². The summed E-state index contributed by atoms with van der Waals surface area (Å²) in [6.07, 6.45) is -1.32. The fourth-order valence-electron chi connectivity index (χ4n) is 3.56. The number of thiophene rings is 1. The number of hydrogen-bond acceptors (Lipinski definition) is 5. The third kappa shape index (κ3) is 2.52. The van der Waals surface area contributed by atoms with Crippen molar-refractivity contribution in [2.24, 2.45) is 5.92 Å². The number of aromatic nitrogens is 2. The molecule has 0 amide bonds. The van der Waals surface area contributed by atoms with E-state index in [9.17, 15) is 13.2 Å². The number of nitrogens with two attached hydrogens (primary N) is 1. The molecule has 8 heteroatoms. The standard InChI is InChI=1S/C15H17F3N4S/c16-15(17,18)8-3-4-10-9(7-8)11-12(23-10)13(21-14(19)20-11)22-5-1-2-6-22/h8H,1-7H2,(H2,19,20,21). The number of fused-ring (bicyclic) bond motifs is 3. The molecule has 0 saturated carbocycles. The van der Waals surface area contributed by atoms with Crippen LogP contribution in [-0.2, 0) is 12.8 Å². The Kier molecular flexibility index (Phi) is 3.40. The molecule has 0 radical (unpaired) electrons. The van der Waals surface area contributed by atoms with Crippen molar-refractivity contribution >= 4 is 33.3 Å². The van der Waals surface area contributed by atoms with E-state index >= 15 is 0 Å². The summed E-state index contributed by atoms with van der Waals surface area (Å²) < 4.78 is 40.1. The smallest absolute Gasteiger partial charge is 0.368 e. The van der Waals surface area contributed by atoms with Gasteiger partial charge in [0.05, 0.1) is 16.1 Å². The maximum atomic E-state index is 13.1. The lowest BCUT2D eigenvalue weighted by Gasteiger charge is -2.24. The van der Waals surface area contributed by atoms with Gasteiger partial charge in [0.2, 0.25) is 5.95 Å². The molecule has 4 nitrogen and oxygen atoms in total. The van der Waals surface area contributed by atoms with Crippen LogP contribution >= 0.6 is 11.3 Å². The Bertz CT molecular complexity index is 749. The highest BCUT2D eigenvalue weighted by Gasteiger charge is 2.42. The Hall–Kier alpha value is -1.57. The van der Waals surface area contributed by atoms with Gasteiger partial charge in [-0.25, -0.2) is 4.98 Å². The number of rotatable bonds is 1. The lowest BCUT2D eigenvalue weighted by molar-refractivity contribution is -0.176. The van der Waals surface area contributed by atoms with Gasteiger partial charge in [-0.05, 0) is 37.7 Å². The highest BCUT2D eigenvalue weighted by Crippen LogP contribution is 2.44. The van der Waals surface area contributed by atoms with E-state index in [2.05, 4.69) is 14.9 Å². The van der Waals surface area contributed by atoms with E-state index in [0.29, 0.717) is 11.9 Å². The second-order valence-electron chi connectivity index (χ2n) is 6.26. The summed E-state index contributed by atoms with van der Waals surface area (Å²) in [5, 5.41) is 0. The zero-order valence-electron chi connectivity index (χ0n) is 12.5. The van der Waals surface area contributed by atoms with Crippen molar-refractivity contribution < 1.29 is 13.2 Å². The van der Waals surface area contributed by atoms with Crippen LogP contribution < -0.4 is 10.6 Å². The number of halogens is 3. The molecule has 1 unspecified atom stereocenters. The molecule has 2 aromatic rings. The first-order valence-electron chi connectivity index (χ1n) is 7.83. The Labute approximate surface area is 135 Å². The number of aryl methyl sites for hydroxylation is 1. The van der Waals surface area contributed by atoms with Crippen molar-refractivity contribution in [2.45, 2.75) is 38.3 Å². The van der Waals surface area contributed by atoms with Crippen LogP contribution in [0.15, 0.2) is 0 Å². The van der Waals surface area contributed by atoms with E-state index in [1.165, 1.54) is 0 Å². The topological polar surface area (TPSA) is 55.0 Å². The van der Waals surface area contributed by atoms with Crippen molar-refractivity contribution in [3.05, 3.63) is 10.4 Å². The van der Waals surface area contributed by atoms with Gasteiger partial charge in [0.1, 0.15) is 0 Å². The Morgan fingerprint density at radius 2 is 1.91 bits per heavy atom. The minimum Gasteiger partial charge on any atom is -0.368 e. The minimum absolute atomic E-state index is 0.00866. The highest BCUT2D eigenvalue weighted by atomic mass is 32.1. The molecule has 23 heavy (non-hydrogen) atoms. The molecule has 0 aromatic carbocycles. The fourth-order valence-corrected chi connectivity index (χ4v) is 4.86. The van der Waals surface area contributed by atoms with Gasteiger partial charge in [0.25, 0.3) is 0 Å². The summed E-state index contributed by atoms with van der Waals surface area (Å²) in [5.41, 5.74) is 7.20. The van der Waals surface area contributed by atoms with Gasteiger partial charge in [0.15, 0.2) is 5.82 Å². The summed E-state index contributed by atoms with van der Waals surface area (Å²) in [6, 6.07) is 0. The summed E-state index contributed by atoms with van der Waals surface area (Å²) >= 11 is 1.54. The predicted molar refractivity (Wildman–Crippen MR) is 84.8 cm³/mol. The first-order chi connectivity index (χ1) is 10.9. The zero-order valence-corrected chi connectivity index (χ0v) is 13.3. The van der Waals surface area contributed by atoms with Crippen LogP contribution in [0.3, 0.4) is 0 Å². The second kappa shape index (κ2) is 5.22. The molecular weight excluding hydrogens is 325 g/mol. The van der Waals surface area contributed by atoms with Crippen LogP contribution in [0, 0.1) is 5.92 Å². The molecule has 1 aliphatic heterocycles. The maximum absolute atomic E-state index is 13.1. The largest absolute Gasteiger partial charge is 0.392 e. The van der Waals surface area contributed by atoms with Crippen LogP contribution in [0.25, 0.3) is 10.2 Å². The number of anilines is 2. The highest BCUT2D eigenvalue weighted by molar-refractivity contribution is 7.19. The van der Waals surface area contributed by atoms with Gasteiger partial charge < -0.3 is 10.6 Å². The molecule has 2 aromatic heterocycles. The quantitative estimate of drug-likeness (QED) is 0.861. The summed E-state index contributed by atoms with van der Waals surface area (Å²) in [7, 11) is 0. The molecular formula is C15H17F3N4S. The lowest BCUT2D eigenvalue weighted by Crippen LogP contribution is -2.28. The van der Waals surface area contributed by atoms with E-state index in [-0.39, 0.29) is 18.8 Å². The van der Waals surface area contributed by atoms with Gasteiger partial charge in [-0.3, -0.25) is 0 Å². The summed E-state index contributed by atoms with van der Waals surface area (Å²) in [5.74, 6) is -0.332. The summed E-state index contributed by atoms with van der Waals surface area (Å²) in [4.78, 5) is 11.8. The Morgan fingerprint density at radius 3 is 2.61 bits per heavy atom. The fraction of sp³-hybridized carbons (Fsp3) is 0.600. The molecule has 2 aliphatic rings.